The quantitative estimate of drug-likeness (QED) is 0.763. The number of likely N-dealkylation sites (tertiary alicyclic amines) is 1. The zero-order valence-electron chi connectivity index (χ0n) is 15.9. The minimum atomic E-state index is -4.45. The lowest BCUT2D eigenvalue weighted by atomic mass is 10.1. The Balaban J connectivity index is 1.96. The number of likely N-dealkylation sites (N-methyl/N-ethyl adjacent to an activating group) is 1. The first-order valence-electron chi connectivity index (χ1n) is 9.07. The fraction of sp³-hybridized carbons (Fsp3) is 0.526. The van der Waals surface area contributed by atoms with Crippen LogP contribution in [0.1, 0.15) is 30.9 Å². The van der Waals surface area contributed by atoms with Gasteiger partial charge in [-0.05, 0) is 24.1 Å². The number of nitrogens with zero attached hydrogens (tertiary/aromatic N) is 2. The Hall–Kier alpha value is -2.58. The Bertz CT molecular complexity index is 737. The molecule has 1 heterocycles. The monoisotopic (exact) mass is 399 g/mol. The highest BCUT2D eigenvalue weighted by molar-refractivity contribution is 5.91. The molecule has 2 rings (SSSR count). The second kappa shape index (κ2) is 9.07. The maximum Gasteiger partial charge on any atom is 0.416 e. The molecule has 3 amide bonds. The van der Waals surface area contributed by atoms with Crippen molar-refractivity contribution in [2.75, 3.05) is 26.7 Å². The normalized spacial score (nSPS) is 17.0. The number of rotatable bonds is 7. The highest BCUT2D eigenvalue weighted by Crippen LogP contribution is 2.30. The first-order valence-corrected chi connectivity index (χ1v) is 9.07. The number of alkyl halides is 3. The summed E-state index contributed by atoms with van der Waals surface area (Å²) in [4.78, 5) is 39.1. The van der Waals surface area contributed by atoms with Gasteiger partial charge in [-0.15, -0.1) is 0 Å². The van der Waals surface area contributed by atoms with Crippen LogP contribution in [-0.2, 0) is 27.1 Å². The van der Waals surface area contributed by atoms with Gasteiger partial charge < -0.3 is 15.1 Å². The van der Waals surface area contributed by atoms with Gasteiger partial charge >= 0.3 is 6.18 Å². The molecule has 0 spiro atoms. The van der Waals surface area contributed by atoms with Gasteiger partial charge in [0.1, 0.15) is 0 Å². The number of halogens is 3. The van der Waals surface area contributed by atoms with E-state index in [1.54, 1.807) is 0 Å². The van der Waals surface area contributed by atoms with Crippen molar-refractivity contribution >= 4 is 17.7 Å². The lowest BCUT2D eigenvalue weighted by Crippen LogP contribution is -2.41. The summed E-state index contributed by atoms with van der Waals surface area (Å²) in [5.74, 6) is -1.50. The molecule has 0 aliphatic carbocycles. The van der Waals surface area contributed by atoms with E-state index >= 15 is 0 Å². The van der Waals surface area contributed by atoms with Gasteiger partial charge in [-0.1, -0.05) is 19.1 Å². The predicted molar refractivity (Wildman–Crippen MR) is 95.9 cm³/mol. The van der Waals surface area contributed by atoms with E-state index in [2.05, 4.69) is 5.32 Å². The molecule has 0 radical (unpaired) electrons. The van der Waals surface area contributed by atoms with Crippen molar-refractivity contribution in [2.24, 2.45) is 5.92 Å². The minimum Gasteiger partial charge on any atom is -0.355 e. The largest absolute Gasteiger partial charge is 0.416 e. The van der Waals surface area contributed by atoms with Crippen LogP contribution in [0, 0.1) is 5.92 Å². The summed E-state index contributed by atoms with van der Waals surface area (Å²) in [6, 6.07) is 4.79. The molecule has 0 unspecified atom stereocenters. The van der Waals surface area contributed by atoms with Crippen LogP contribution < -0.4 is 5.32 Å². The van der Waals surface area contributed by atoms with Crippen LogP contribution in [0.4, 0.5) is 13.2 Å². The second-order valence-corrected chi connectivity index (χ2v) is 6.92. The van der Waals surface area contributed by atoms with Crippen molar-refractivity contribution in [3.8, 4) is 0 Å². The van der Waals surface area contributed by atoms with Crippen LogP contribution in [0.3, 0.4) is 0 Å². The Morgan fingerprint density at radius 2 is 2.04 bits per heavy atom. The van der Waals surface area contributed by atoms with Gasteiger partial charge in [0.05, 0.1) is 18.0 Å². The highest BCUT2D eigenvalue weighted by atomic mass is 19.4. The molecule has 1 saturated heterocycles. The molecule has 1 aromatic rings. The molecule has 0 saturated carbocycles. The number of carbonyl (C=O) groups is 3. The number of benzene rings is 1. The molecule has 6 nitrogen and oxygen atoms in total. The third-order valence-corrected chi connectivity index (χ3v) is 4.52. The molecule has 1 fully saturated rings. The third-order valence-electron chi connectivity index (χ3n) is 4.52. The molecule has 0 bridgehead atoms. The Kier molecular flexibility index (Phi) is 7.04. The van der Waals surface area contributed by atoms with E-state index in [1.807, 2.05) is 6.92 Å². The molecule has 1 N–H and O–H groups in total. The zero-order chi connectivity index (χ0) is 20.9. The third kappa shape index (κ3) is 5.71. The molecule has 1 aliphatic heterocycles. The SMILES string of the molecule is CCCNC(=O)CN(C)C(=O)[C@@H]1CC(=O)N(Cc2cccc(C(F)(F)F)c2)C1. The summed E-state index contributed by atoms with van der Waals surface area (Å²) >= 11 is 0. The Labute approximate surface area is 161 Å². The summed E-state index contributed by atoms with van der Waals surface area (Å²) in [6.45, 7) is 2.46. The van der Waals surface area contributed by atoms with E-state index in [0.717, 1.165) is 18.6 Å². The van der Waals surface area contributed by atoms with E-state index in [-0.39, 0.29) is 43.8 Å². The number of amides is 3. The molecule has 0 aromatic heterocycles. The average Bonchev–Trinajstić information content (AvgIpc) is 2.99. The van der Waals surface area contributed by atoms with E-state index in [4.69, 9.17) is 0 Å². The zero-order valence-corrected chi connectivity index (χ0v) is 15.9. The van der Waals surface area contributed by atoms with Crippen molar-refractivity contribution in [2.45, 2.75) is 32.5 Å². The number of carbonyl (C=O) groups excluding carboxylic acids is 3. The molecule has 1 aliphatic rings. The fourth-order valence-electron chi connectivity index (χ4n) is 3.08. The van der Waals surface area contributed by atoms with Crippen LogP contribution >= 0.6 is 0 Å². The highest BCUT2D eigenvalue weighted by Gasteiger charge is 2.36. The standard InChI is InChI=1S/C19H24F3N3O3/c1-3-7-23-16(26)12-24(2)18(28)14-9-17(27)25(11-14)10-13-5-4-6-15(8-13)19(20,21)22/h4-6,8,14H,3,7,9-12H2,1-2H3,(H,23,26)/t14-/m1/s1. The predicted octanol–water partition coefficient (Wildman–Crippen LogP) is 2.04. The maximum absolute atomic E-state index is 12.8. The van der Waals surface area contributed by atoms with Gasteiger partial charge in [-0.3, -0.25) is 14.4 Å². The van der Waals surface area contributed by atoms with Gasteiger partial charge in [0, 0.05) is 33.1 Å². The lowest BCUT2D eigenvalue weighted by Gasteiger charge is -2.21. The maximum atomic E-state index is 12.8. The molecule has 28 heavy (non-hydrogen) atoms. The number of hydrogen-bond acceptors (Lipinski definition) is 3. The smallest absolute Gasteiger partial charge is 0.355 e. The summed E-state index contributed by atoms with van der Waals surface area (Å²) in [6.07, 6.45) is -3.69. The van der Waals surface area contributed by atoms with Gasteiger partial charge in [-0.25, -0.2) is 0 Å². The van der Waals surface area contributed by atoms with Gasteiger partial charge in [-0.2, -0.15) is 13.2 Å². The van der Waals surface area contributed by atoms with Gasteiger partial charge in [0.2, 0.25) is 17.7 Å². The van der Waals surface area contributed by atoms with Crippen molar-refractivity contribution in [1.29, 1.82) is 0 Å². The second-order valence-electron chi connectivity index (χ2n) is 6.92. The fourth-order valence-corrected chi connectivity index (χ4v) is 3.08. The molecular weight excluding hydrogens is 375 g/mol. The van der Waals surface area contributed by atoms with E-state index in [1.165, 1.54) is 29.0 Å². The van der Waals surface area contributed by atoms with Crippen molar-refractivity contribution in [1.82, 2.24) is 15.1 Å². The van der Waals surface area contributed by atoms with Gasteiger partial charge in [0.15, 0.2) is 0 Å². The van der Waals surface area contributed by atoms with E-state index < -0.39 is 17.7 Å². The molecule has 154 valence electrons. The minimum absolute atomic E-state index is 0.00718. The van der Waals surface area contributed by atoms with E-state index in [9.17, 15) is 27.6 Å². The first kappa shape index (κ1) is 21.7. The Morgan fingerprint density at radius 3 is 2.68 bits per heavy atom. The van der Waals surface area contributed by atoms with E-state index in [0.29, 0.717) is 12.1 Å². The average molecular weight is 399 g/mol. The van der Waals surface area contributed by atoms with Crippen LogP contribution in [0.25, 0.3) is 0 Å². The lowest BCUT2D eigenvalue weighted by molar-refractivity contribution is -0.138. The van der Waals surface area contributed by atoms with Crippen LogP contribution in [0.5, 0.6) is 0 Å². The van der Waals surface area contributed by atoms with Gasteiger partial charge in [0.25, 0.3) is 0 Å². The number of hydrogen-bond donors (Lipinski definition) is 1. The Morgan fingerprint density at radius 1 is 1.32 bits per heavy atom. The molecule has 9 heteroatoms. The van der Waals surface area contributed by atoms with Crippen LogP contribution in [0.15, 0.2) is 24.3 Å². The summed E-state index contributed by atoms with van der Waals surface area (Å²) in [5.41, 5.74) is -0.425. The van der Waals surface area contributed by atoms with Crippen molar-refractivity contribution in [3.63, 3.8) is 0 Å². The van der Waals surface area contributed by atoms with Crippen molar-refractivity contribution in [3.05, 3.63) is 35.4 Å². The molecule has 1 aromatic carbocycles. The first-order chi connectivity index (χ1) is 13.1. The topological polar surface area (TPSA) is 69.7 Å². The van der Waals surface area contributed by atoms with Crippen LogP contribution in [-0.4, -0.2) is 54.2 Å². The summed E-state index contributed by atoms with van der Waals surface area (Å²) < 4.78 is 38.5. The molecule has 1 atom stereocenters. The number of nitrogens with one attached hydrogen (secondary N) is 1. The summed E-state index contributed by atoms with van der Waals surface area (Å²) in [7, 11) is 1.49. The van der Waals surface area contributed by atoms with Crippen LogP contribution in [0.2, 0.25) is 0 Å². The molecular formula is C19H24F3N3O3. The summed E-state index contributed by atoms with van der Waals surface area (Å²) in [5, 5.41) is 2.67. The van der Waals surface area contributed by atoms with Crippen molar-refractivity contribution < 1.29 is 27.6 Å².